The van der Waals surface area contributed by atoms with Crippen LogP contribution in [-0.4, -0.2) is 17.8 Å². The van der Waals surface area contributed by atoms with Crippen molar-refractivity contribution in [1.82, 2.24) is 0 Å². The molecule has 3 rings (SSSR count). The van der Waals surface area contributed by atoms with E-state index in [-0.39, 0.29) is 5.69 Å². The van der Waals surface area contributed by atoms with Crippen LogP contribution >= 0.6 is 22.6 Å². The van der Waals surface area contributed by atoms with Crippen LogP contribution in [0.2, 0.25) is 0 Å². The van der Waals surface area contributed by atoms with Gasteiger partial charge in [-0.1, -0.05) is 30.3 Å². The fourth-order valence-electron chi connectivity index (χ4n) is 2.26. The molecular formula is C17H10F3IN2O. The second-order valence-corrected chi connectivity index (χ2v) is 6.26. The summed E-state index contributed by atoms with van der Waals surface area (Å²) in [4.78, 5) is 12.5. The number of carbonyl (C=O) groups is 1. The lowest BCUT2D eigenvalue weighted by Crippen LogP contribution is -2.25. The molecular weight excluding hydrogens is 432 g/mol. The maximum Gasteiger partial charge on any atom is 0.435 e. The fraction of sp³-hybridized carbons (Fsp3) is 0.0588. The van der Waals surface area contributed by atoms with Crippen molar-refractivity contribution < 1.29 is 18.0 Å². The Hall–Kier alpha value is -2.16. The van der Waals surface area contributed by atoms with Gasteiger partial charge < -0.3 is 0 Å². The predicted molar refractivity (Wildman–Crippen MR) is 94.6 cm³/mol. The van der Waals surface area contributed by atoms with E-state index in [2.05, 4.69) is 27.7 Å². The zero-order valence-electron chi connectivity index (χ0n) is 12.1. The van der Waals surface area contributed by atoms with E-state index in [1.807, 2.05) is 6.07 Å². The number of halogens is 4. The standard InChI is InChI=1S/C17H10F3IN2O/c18-17(19,20)15-14(10-11-5-4-6-12(21)9-11)16(24)23(22-15)13-7-2-1-3-8-13/h1-10H/b14-10-. The van der Waals surface area contributed by atoms with Crippen LogP contribution in [0.15, 0.2) is 65.3 Å². The van der Waals surface area contributed by atoms with E-state index in [0.29, 0.717) is 5.56 Å². The number of rotatable bonds is 2. The third-order valence-corrected chi connectivity index (χ3v) is 3.98. The van der Waals surface area contributed by atoms with E-state index in [1.165, 1.54) is 18.2 Å². The van der Waals surface area contributed by atoms with Crippen LogP contribution in [-0.2, 0) is 4.79 Å². The molecule has 0 atom stereocenters. The Labute approximate surface area is 149 Å². The highest BCUT2D eigenvalue weighted by Gasteiger charge is 2.46. The van der Waals surface area contributed by atoms with Gasteiger partial charge in [0.15, 0.2) is 5.71 Å². The summed E-state index contributed by atoms with van der Waals surface area (Å²) in [5, 5.41) is 4.30. The van der Waals surface area contributed by atoms with Gasteiger partial charge in [0, 0.05) is 3.57 Å². The first kappa shape index (κ1) is 16.7. The maximum absolute atomic E-state index is 13.3. The first-order valence-electron chi connectivity index (χ1n) is 6.89. The molecule has 0 fully saturated rings. The summed E-state index contributed by atoms with van der Waals surface area (Å²) < 4.78 is 40.8. The number of anilines is 1. The van der Waals surface area contributed by atoms with Crippen LogP contribution < -0.4 is 5.01 Å². The number of amides is 1. The minimum Gasteiger partial charge on any atom is -0.267 e. The Morgan fingerprint density at radius 3 is 2.38 bits per heavy atom. The molecule has 0 saturated heterocycles. The number of nitrogens with zero attached hydrogens (tertiary/aromatic N) is 2. The van der Waals surface area contributed by atoms with Crippen molar-refractivity contribution in [2.45, 2.75) is 6.18 Å². The molecule has 3 nitrogen and oxygen atoms in total. The van der Waals surface area contributed by atoms with E-state index >= 15 is 0 Å². The van der Waals surface area contributed by atoms with E-state index in [0.717, 1.165) is 8.58 Å². The molecule has 24 heavy (non-hydrogen) atoms. The first-order chi connectivity index (χ1) is 11.4. The van der Waals surface area contributed by atoms with Gasteiger partial charge in [-0.15, -0.1) is 0 Å². The Balaban J connectivity index is 2.08. The van der Waals surface area contributed by atoms with Gasteiger partial charge in [0.2, 0.25) is 0 Å². The zero-order valence-corrected chi connectivity index (χ0v) is 14.2. The topological polar surface area (TPSA) is 32.7 Å². The molecule has 2 aromatic carbocycles. The van der Waals surface area contributed by atoms with Crippen LogP contribution in [0, 0.1) is 3.57 Å². The van der Waals surface area contributed by atoms with E-state index in [1.54, 1.807) is 36.4 Å². The Morgan fingerprint density at radius 1 is 1.04 bits per heavy atom. The average Bonchev–Trinajstić information content (AvgIpc) is 2.85. The average molecular weight is 442 g/mol. The molecule has 0 saturated carbocycles. The second kappa shape index (κ2) is 6.39. The van der Waals surface area contributed by atoms with Crippen molar-refractivity contribution in [2.75, 3.05) is 5.01 Å². The molecule has 0 spiro atoms. The number of alkyl halides is 3. The Morgan fingerprint density at radius 2 is 1.75 bits per heavy atom. The van der Waals surface area contributed by atoms with Crippen molar-refractivity contribution in [3.05, 3.63) is 69.3 Å². The van der Waals surface area contributed by atoms with Crippen molar-refractivity contribution >= 4 is 46.0 Å². The van der Waals surface area contributed by atoms with Gasteiger partial charge in [0.1, 0.15) is 0 Å². The number of carbonyl (C=O) groups excluding carboxylic acids is 1. The second-order valence-electron chi connectivity index (χ2n) is 5.01. The summed E-state index contributed by atoms with van der Waals surface area (Å²) in [6.45, 7) is 0. The third-order valence-electron chi connectivity index (χ3n) is 3.31. The summed E-state index contributed by atoms with van der Waals surface area (Å²) in [7, 11) is 0. The lowest BCUT2D eigenvalue weighted by molar-refractivity contribution is -0.114. The van der Waals surface area contributed by atoms with Crippen LogP contribution in [0.4, 0.5) is 18.9 Å². The van der Waals surface area contributed by atoms with E-state index in [4.69, 9.17) is 0 Å². The van der Waals surface area contributed by atoms with Gasteiger partial charge in [-0.05, 0) is 58.5 Å². The van der Waals surface area contributed by atoms with Crippen LogP contribution in [0.3, 0.4) is 0 Å². The molecule has 1 aliphatic rings. The zero-order chi connectivity index (χ0) is 17.3. The molecule has 0 aliphatic carbocycles. The smallest absolute Gasteiger partial charge is 0.267 e. The molecule has 1 amide bonds. The van der Waals surface area contributed by atoms with Gasteiger partial charge >= 0.3 is 6.18 Å². The lowest BCUT2D eigenvalue weighted by Gasteiger charge is -2.10. The minimum atomic E-state index is -4.72. The van der Waals surface area contributed by atoms with Crippen LogP contribution in [0.1, 0.15) is 5.56 Å². The fourth-order valence-corrected chi connectivity index (χ4v) is 2.83. The molecule has 1 heterocycles. The highest BCUT2D eigenvalue weighted by atomic mass is 127. The quantitative estimate of drug-likeness (QED) is 0.493. The van der Waals surface area contributed by atoms with Crippen molar-refractivity contribution in [3.63, 3.8) is 0 Å². The summed E-state index contributed by atoms with van der Waals surface area (Å²) >= 11 is 2.06. The molecule has 0 N–H and O–H groups in total. The molecule has 0 bridgehead atoms. The van der Waals surface area contributed by atoms with Crippen molar-refractivity contribution in [1.29, 1.82) is 0 Å². The molecule has 0 aromatic heterocycles. The third kappa shape index (κ3) is 3.35. The van der Waals surface area contributed by atoms with Crippen molar-refractivity contribution in [2.24, 2.45) is 5.10 Å². The minimum absolute atomic E-state index is 0.287. The SMILES string of the molecule is O=C1/C(=C\c2cccc(I)c2)C(C(F)(F)F)=NN1c1ccccc1. The number of benzene rings is 2. The highest BCUT2D eigenvalue weighted by molar-refractivity contribution is 14.1. The largest absolute Gasteiger partial charge is 0.435 e. The molecule has 7 heteroatoms. The number of hydrogen-bond donors (Lipinski definition) is 0. The normalized spacial score (nSPS) is 16.7. The van der Waals surface area contributed by atoms with Gasteiger partial charge in [0.05, 0.1) is 11.3 Å². The number of para-hydroxylation sites is 1. The summed E-state index contributed by atoms with van der Waals surface area (Å²) in [6, 6.07) is 14.9. The van der Waals surface area contributed by atoms with Gasteiger partial charge in [-0.2, -0.15) is 23.3 Å². The number of hydrazone groups is 1. The summed E-state index contributed by atoms with van der Waals surface area (Å²) in [5.41, 5.74) is -0.851. The summed E-state index contributed by atoms with van der Waals surface area (Å²) in [6.07, 6.45) is -3.49. The van der Waals surface area contributed by atoms with Crippen molar-refractivity contribution in [3.8, 4) is 0 Å². The number of hydrogen-bond acceptors (Lipinski definition) is 2. The van der Waals surface area contributed by atoms with E-state index in [9.17, 15) is 18.0 Å². The van der Waals surface area contributed by atoms with E-state index < -0.39 is 23.4 Å². The van der Waals surface area contributed by atoms with Gasteiger partial charge in [-0.25, -0.2) is 0 Å². The monoisotopic (exact) mass is 442 g/mol. The maximum atomic E-state index is 13.3. The lowest BCUT2D eigenvalue weighted by atomic mass is 10.1. The molecule has 1 aliphatic heterocycles. The molecule has 122 valence electrons. The van der Waals surface area contributed by atoms with Gasteiger partial charge in [0.25, 0.3) is 5.91 Å². The molecule has 2 aromatic rings. The molecule has 0 radical (unpaired) electrons. The highest BCUT2D eigenvalue weighted by Crippen LogP contribution is 2.32. The van der Waals surface area contributed by atoms with Gasteiger partial charge in [-0.3, -0.25) is 4.79 Å². The Kier molecular flexibility index (Phi) is 4.44. The first-order valence-corrected chi connectivity index (χ1v) is 7.97. The van der Waals surface area contributed by atoms with Crippen LogP contribution in [0.25, 0.3) is 6.08 Å². The molecule has 0 unspecified atom stereocenters. The predicted octanol–water partition coefficient (Wildman–Crippen LogP) is 4.64. The van der Waals surface area contributed by atoms with Crippen LogP contribution in [0.5, 0.6) is 0 Å². The Bertz CT molecular complexity index is 844. The summed E-state index contributed by atoms with van der Waals surface area (Å²) in [5.74, 6) is -0.799.